The number of halogens is 1. The van der Waals surface area contributed by atoms with Crippen molar-refractivity contribution in [2.75, 3.05) is 19.0 Å². The van der Waals surface area contributed by atoms with Gasteiger partial charge >= 0.3 is 0 Å². The van der Waals surface area contributed by atoms with E-state index >= 15 is 0 Å². The minimum Gasteiger partial charge on any atom is -0.383 e. The van der Waals surface area contributed by atoms with Crippen molar-refractivity contribution in [3.63, 3.8) is 0 Å². The van der Waals surface area contributed by atoms with Gasteiger partial charge in [-0.2, -0.15) is 5.10 Å². The molecule has 0 saturated carbocycles. The first-order valence-corrected chi connectivity index (χ1v) is 8.83. The summed E-state index contributed by atoms with van der Waals surface area (Å²) < 4.78 is 6.97. The molecule has 1 N–H and O–H groups in total. The Labute approximate surface area is 150 Å². The summed E-state index contributed by atoms with van der Waals surface area (Å²) in [6.07, 6.45) is 1.96. The van der Waals surface area contributed by atoms with Gasteiger partial charge in [0.25, 0.3) is 0 Å². The third kappa shape index (κ3) is 4.14. The summed E-state index contributed by atoms with van der Waals surface area (Å²) in [5.74, 6) is 0. The summed E-state index contributed by atoms with van der Waals surface area (Å²) in [6, 6.07) is 9.82. The van der Waals surface area contributed by atoms with Crippen molar-refractivity contribution in [3.8, 4) is 10.6 Å². The van der Waals surface area contributed by atoms with Crippen molar-refractivity contribution in [1.82, 2.24) is 14.8 Å². The number of thiazole rings is 1. The van der Waals surface area contributed by atoms with Gasteiger partial charge in [-0.05, 0) is 30.7 Å². The number of ether oxygens (including phenoxy) is 1. The number of aryl methyl sites for hydroxylation is 1. The Morgan fingerprint density at radius 1 is 1.33 bits per heavy atom. The fourth-order valence-corrected chi connectivity index (χ4v) is 3.47. The topological polar surface area (TPSA) is 52.0 Å². The third-order valence-electron chi connectivity index (χ3n) is 3.53. The molecule has 0 aliphatic heterocycles. The van der Waals surface area contributed by atoms with E-state index in [0.717, 1.165) is 38.5 Å². The molecule has 0 amide bonds. The van der Waals surface area contributed by atoms with E-state index in [1.54, 1.807) is 18.4 Å². The lowest BCUT2D eigenvalue weighted by atomic mass is 10.2. The molecule has 0 saturated heterocycles. The second kappa shape index (κ2) is 7.79. The van der Waals surface area contributed by atoms with Gasteiger partial charge in [0.15, 0.2) is 5.13 Å². The predicted octanol–water partition coefficient (Wildman–Crippen LogP) is 4.23. The van der Waals surface area contributed by atoms with E-state index in [2.05, 4.69) is 15.4 Å². The Balaban J connectivity index is 1.69. The molecule has 0 fully saturated rings. The molecule has 1 aromatic carbocycles. The van der Waals surface area contributed by atoms with Crippen molar-refractivity contribution in [2.24, 2.45) is 0 Å². The largest absolute Gasteiger partial charge is 0.383 e. The minimum absolute atomic E-state index is 0.648. The van der Waals surface area contributed by atoms with Gasteiger partial charge in [-0.15, -0.1) is 0 Å². The van der Waals surface area contributed by atoms with E-state index < -0.39 is 0 Å². The zero-order valence-electron chi connectivity index (χ0n) is 13.6. The quantitative estimate of drug-likeness (QED) is 0.683. The van der Waals surface area contributed by atoms with Crippen LogP contribution < -0.4 is 5.32 Å². The molecular formula is C17H19ClN4OS. The SMILES string of the molecule is COCCn1ccc(-c2sc(NCc3cccc(Cl)c3)nc2C)n1. The molecule has 0 spiro atoms. The third-order valence-corrected chi connectivity index (χ3v) is 4.90. The number of hydrogen-bond donors (Lipinski definition) is 1. The molecule has 7 heteroatoms. The molecule has 3 rings (SSSR count). The molecule has 2 heterocycles. The van der Waals surface area contributed by atoms with Crippen LogP contribution >= 0.6 is 22.9 Å². The highest BCUT2D eigenvalue weighted by Gasteiger charge is 2.12. The second-order valence-corrected chi connectivity index (χ2v) is 6.81. The molecule has 0 atom stereocenters. The Bertz CT molecular complexity index is 815. The van der Waals surface area contributed by atoms with E-state index in [4.69, 9.17) is 16.3 Å². The maximum Gasteiger partial charge on any atom is 0.183 e. The zero-order valence-corrected chi connectivity index (χ0v) is 15.2. The first kappa shape index (κ1) is 17.0. The Morgan fingerprint density at radius 3 is 3.00 bits per heavy atom. The molecule has 2 aromatic heterocycles. The van der Waals surface area contributed by atoms with E-state index in [9.17, 15) is 0 Å². The Hall–Kier alpha value is -1.89. The van der Waals surface area contributed by atoms with Crippen molar-refractivity contribution >= 4 is 28.1 Å². The van der Waals surface area contributed by atoms with Crippen LogP contribution in [0.4, 0.5) is 5.13 Å². The summed E-state index contributed by atoms with van der Waals surface area (Å²) in [5.41, 5.74) is 3.04. The van der Waals surface area contributed by atoms with E-state index in [1.165, 1.54) is 0 Å². The van der Waals surface area contributed by atoms with Crippen LogP contribution in [0.3, 0.4) is 0 Å². The average molecular weight is 363 g/mol. The van der Waals surface area contributed by atoms with Crippen molar-refractivity contribution in [2.45, 2.75) is 20.0 Å². The second-order valence-electron chi connectivity index (χ2n) is 5.37. The molecular weight excluding hydrogens is 344 g/mol. The molecule has 24 heavy (non-hydrogen) atoms. The van der Waals surface area contributed by atoms with E-state index in [1.807, 2.05) is 48.1 Å². The number of nitrogens with zero attached hydrogens (tertiary/aromatic N) is 3. The van der Waals surface area contributed by atoms with Gasteiger partial charge in [0.1, 0.15) is 5.69 Å². The number of benzene rings is 1. The predicted molar refractivity (Wildman–Crippen MR) is 98.7 cm³/mol. The minimum atomic E-state index is 0.648. The van der Waals surface area contributed by atoms with E-state index in [0.29, 0.717) is 13.2 Å². The normalized spacial score (nSPS) is 11.0. The molecule has 0 aliphatic rings. The van der Waals surface area contributed by atoms with Crippen molar-refractivity contribution in [3.05, 3.63) is 52.8 Å². The van der Waals surface area contributed by atoms with Crippen LogP contribution in [-0.2, 0) is 17.8 Å². The summed E-state index contributed by atoms with van der Waals surface area (Å²) in [5, 5.41) is 9.56. The zero-order chi connectivity index (χ0) is 16.9. The van der Waals surface area contributed by atoms with Crippen LogP contribution in [0.2, 0.25) is 5.02 Å². The summed E-state index contributed by atoms with van der Waals surface area (Å²) in [4.78, 5) is 5.68. The monoisotopic (exact) mass is 362 g/mol. The van der Waals surface area contributed by atoms with Gasteiger partial charge in [0.05, 0.1) is 23.7 Å². The van der Waals surface area contributed by atoms with E-state index in [-0.39, 0.29) is 0 Å². The van der Waals surface area contributed by atoms with Crippen molar-refractivity contribution in [1.29, 1.82) is 0 Å². The fourth-order valence-electron chi connectivity index (χ4n) is 2.33. The molecule has 0 unspecified atom stereocenters. The maximum absolute atomic E-state index is 6.01. The number of rotatable bonds is 7. The van der Waals surface area contributed by atoms with Crippen LogP contribution in [0.15, 0.2) is 36.5 Å². The highest BCUT2D eigenvalue weighted by atomic mass is 35.5. The lowest BCUT2D eigenvalue weighted by Gasteiger charge is -2.02. The summed E-state index contributed by atoms with van der Waals surface area (Å²) in [7, 11) is 1.69. The van der Waals surface area contributed by atoms with Crippen LogP contribution in [0.1, 0.15) is 11.3 Å². The van der Waals surface area contributed by atoms with Gasteiger partial charge < -0.3 is 10.1 Å². The number of anilines is 1. The van der Waals surface area contributed by atoms with Crippen LogP contribution in [0.5, 0.6) is 0 Å². The molecule has 3 aromatic rings. The molecule has 0 aliphatic carbocycles. The molecule has 126 valence electrons. The molecule has 0 radical (unpaired) electrons. The average Bonchev–Trinajstić information content (AvgIpc) is 3.17. The number of nitrogens with one attached hydrogen (secondary N) is 1. The standard InChI is InChI=1S/C17H19ClN4OS/c1-12-16(15-6-7-22(21-15)8-9-23-2)24-17(20-12)19-11-13-4-3-5-14(18)10-13/h3-7,10H,8-9,11H2,1-2H3,(H,19,20). The van der Waals surface area contributed by atoms with Gasteiger partial charge in [-0.3, -0.25) is 4.68 Å². The van der Waals surface area contributed by atoms with Gasteiger partial charge in [0, 0.05) is 24.9 Å². The van der Waals surface area contributed by atoms with Crippen molar-refractivity contribution < 1.29 is 4.74 Å². The van der Waals surface area contributed by atoms with Crippen LogP contribution in [0.25, 0.3) is 10.6 Å². The fraction of sp³-hybridized carbons (Fsp3) is 0.294. The summed E-state index contributed by atoms with van der Waals surface area (Å²) >= 11 is 7.63. The summed E-state index contributed by atoms with van der Waals surface area (Å²) in [6.45, 7) is 4.09. The van der Waals surface area contributed by atoms with Gasteiger partial charge in [0.2, 0.25) is 0 Å². The first-order valence-electron chi connectivity index (χ1n) is 7.64. The lowest BCUT2D eigenvalue weighted by Crippen LogP contribution is -2.04. The molecule has 5 nitrogen and oxygen atoms in total. The lowest BCUT2D eigenvalue weighted by molar-refractivity contribution is 0.183. The maximum atomic E-state index is 6.01. The number of hydrogen-bond acceptors (Lipinski definition) is 5. The highest BCUT2D eigenvalue weighted by Crippen LogP contribution is 2.31. The Morgan fingerprint density at radius 2 is 2.21 bits per heavy atom. The van der Waals surface area contributed by atoms with Gasteiger partial charge in [-0.25, -0.2) is 4.98 Å². The van der Waals surface area contributed by atoms with Crippen LogP contribution in [0, 0.1) is 6.92 Å². The highest BCUT2D eigenvalue weighted by molar-refractivity contribution is 7.19. The Kier molecular flexibility index (Phi) is 5.50. The smallest absolute Gasteiger partial charge is 0.183 e. The van der Waals surface area contributed by atoms with Gasteiger partial charge in [-0.1, -0.05) is 35.1 Å². The number of methoxy groups -OCH3 is 1. The first-order chi connectivity index (χ1) is 11.7. The number of aromatic nitrogens is 3. The van der Waals surface area contributed by atoms with Crippen LogP contribution in [-0.4, -0.2) is 28.5 Å². The molecule has 0 bridgehead atoms.